The predicted molar refractivity (Wildman–Crippen MR) is 107 cm³/mol. The average Bonchev–Trinajstić information content (AvgIpc) is 3.34. The number of aromatic nitrogens is 2. The van der Waals surface area contributed by atoms with Gasteiger partial charge in [-0.05, 0) is 19.1 Å². The normalized spacial score (nSPS) is 15.3. The van der Waals surface area contributed by atoms with Crippen LogP contribution in [0.15, 0.2) is 41.2 Å². The van der Waals surface area contributed by atoms with Crippen molar-refractivity contribution in [3.63, 3.8) is 0 Å². The second kappa shape index (κ2) is 8.16. The Hall–Kier alpha value is -1.96. The van der Waals surface area contributed by atoms with Gasteiger partial charge in [-0.25, -0.2) is 9.97 Å². The molecule has 1 aromatic carbocycles. The van der Waals surface area contributed by atoms with Crippen LogP contribution >= 0.6 is 22.7 Å². The minimum Gasteiger partial charge on any atom is -0.486 e. The van der Waals surface area contributed by atoms with Crippen LogP contribution in [0.25, 0.3) is 0 Å². The lowest BCUT2D eigenvalue weighted by atomic mass is 10.2. The van der Waals surface area contributed by atoms with Crippen LogP contribution in [0.2, 0.25) is 0 Å². The third-order valence-corrected chi connectivity index (χ3v) is 6.13. The topological polar surface area (TPSA) is 41.5 Å². The number of nitrogens with zero attached hydrogens (tertiary/aromatic N) is 4. The molecule has 0 N–H and O–H groups in total. The van der Waals surface area contributed by atoms with Crippen molar-refractivity contribution in [1.82, 2.24) is 14.9 Å². The molecule has 5 nitrogen and oxygen atoms in total. The molecule has 3 heterocycles. The first-order valence-electron chi connectivity index (χ1n) is 8.76. The molecule has 0 bridgehead atoms. The Morgan fingerprint density at radius 2 is 1.88 bits per heavy atom. The van der Waals surface area contributed by atoms with Gasteiger partial charge in [-0.2, -0.15) is 0 Å². The van der Waals surface area contributed by atoms with E-state index >= 15 is 0 Å². The molecule has 7 heteroatoms. The number of thiazole rings is 2. The lowest BCUT2D eigenvalue weighted by Crippen LogP contribution is -2.46. The highest BCUT2D eigenvalue weighted by Crippen LogP contribution is 2.20. The molecule has 136 valence electrons. The summed E-state index contributed by atoms with van der Waals surface area (Å²) in [6.45, 7) is 7.67. The van der Waals surface area contributed by atoms with Gasteiger partial charge in [-0.3, -0.25) is 4.90 Å². The summed E-state index contributed by atoms with van der Waals surface area (Å²) in [5.41, 5.74) is 2.38. The number of aryl methyl sites for hydroxylation is 1. The minimum absolute atomic E-state index is 0.533. The van der Waals surface area contributed by atoms with E-state index in [4.69, 9.17) is 9.72 Å². The van der Waals surface area contributed by atoms with Gasteiger partial charge in [-0.1, -0.05) is 17.7 Å². The average molecular weight is 387 g/mol. The van der Waals surface area contributed by atoms with Gasteiger partial charge in [0.1, 0.15) is 17.4 Å². The number of hydrogen-bond acceptors (Lipinski definition) is 7. The first-order chi connectivity index (χ1) is 12.8. The summed E-state index contributed by atoms with van der Waals surface area (Å²) in [5.74, 6) is 0.894. The van der Waals surface area contributed by atoms with E-state index < -0.39 is 0 Å². The number of hydrogen-bond donors (Lipinski definition) is 0. The summed E-state index contributed by atoms with van der Waals surface area (Å²) >= 11 is 3.39. The zero-order valence-corrected chi connectivity index (χ0v) is 16.4. The van der Waals surface area contributed by atoms with Crippen LogP contribution in [-0.4, -0.2) is 41.0 Å². The summed E-state index contributed by atoms with van der Waals surface area (Å²) in [7, 11) is 0. The van der Waals surface area contributed by atoms with E-state index in [0.29, 0.717) is 6.61 Å². The van der Waals surface area contributed by atoms with Crippen molar-refractivity contribution in [1.29, 1.82) is 0 Å². The number of benzene rings is 1. The summed E-state index contributed by atoms with van der Waals surface area (Å²) in [6.07, 6.45) is 1.88. The van der Waals surface area contributed by atoms with Crippen molar-refractivity contribution in [3.8, 4) is 5.75 Å². The smallest absolute Gasteiger partial charge is 0.185 e. The molecule has 3 aromatic rings. The van der Waals surface area contributed by atoms with Crippen molar-refractivity contribution >= 4 is 27.8 Å². The van der Waals surface area contributed by atoms with Gasteiger partial charge in [0, 0.05) is 49.7 Å². The molecule has 1 aliphatic heterocycles. The van der Waals surface area contributed by atoms with Crippen molar-refractivity contribution < 1.29 is 4.74 Å². The second-order valence-corrected chi connectivity index (χ2v) is 8.23. The molecule has 0 saturated carbocycles. The van der Waals surface area contributed by atoms with E-state index in [9.17, 15) is 0 Å². The maximum Gasteiger partial charge on any atom is 0.185 e. The Kier molecular flexibility index (Phi) is 5.48. The molecular weight excluding hydrogens is 364 g/mol. The first-order valence-corrected chi connectivity index (χ1v) is 10.5. The number of piperazine rings is 1. The highest BCUT2D eigenvalue weighted by atomic mass is 32.1. The second-order valence-electron chi connectivity index (χ2n) is 6.41. The van der Waals surface area contributed by atoms with Gasteiger partial charge in [0.2, 0.25) is 0 Å². The standard InChI is InChI=1S/C19H22N4OS2/c1-15-2-4-17(5-3-15)24-13-18-21-16(14-26-18)12-22-7-9-23(10-8-22)19-20-6-11-25-19/h2-6,11,14H,7-10,12-13H2,1H3. The van der Waals surface area contributed by atoms with Crippen LogP contribution in [0.5, 0.6) is 5.75 Å². The molecule has 0 radical (unpaired) electrons. The molecule has 1 saturated heterocycles. The Bertz CT molecular complexity index is 808. The summed E-state index contributed by atoms with van der Waals surface area (Å²) < 4.78 is 5.83. The monoisotopic (exact) mass is 386 g/mol. The fourth-order valence-electron chi connectivity index (χ4n) is 2.97. The summed E-state index contributed by atoms with van der Waals surface area (Å²) in [6, 6.07) is 8.14. The Balaban J connectivity index is 1.25. The van der Waals surface area contributed by atoms with E-state index in [2.05, 4.69) is 39.2 Å². The molecule has 2 aromatic heterocycles. The van der Waals surface area contributed by atoms with Crippen molar-refractivity contribution in [2.45, 2.75) is 20.1 Å². The SMILES string of the molecule is Cc1ccc(OCc2nc(CN3CCN(c4nccs4)CC3)cs2)cc1. The van der Waals surface area contributed by atoms with E-state index in [1.165, 1.54) is 5.56 Å². The summed E-state index contributed by atoms with van der Waals surface area (Å²) in [5, 5.41) is 6.36. The lowest BCUT2D eigenvalue weighted by molar-refractivity contribution is 0.246. The van der Waals surface area contributed by atoms with Crippen LogP contribution in [-0.2, 0) is 13.2 Å². The number of ether oxygens (including phenoxy) is 1. The van der Waals surface area contributed by atoms with Gasteiger partial charge in [0.05, 0.1) is 5.69 Å². The molecule has 0 spiro atoms. The Morgan fingerprint density at radius 1 is 1.08 bits per heavy atom. The lowest BCUT2D eigenvalue weighted by Gasteiger charge is -2.34. The van der Waals surface area contributed by atoms with Crippen molar-refractivity contribution in [2.24, 2.45) is 0 Å². The van der Waals surface area contributed by atoms with Crippen LogP contribution in [0, 0.1) is 6.92 Å². The molecule has 4 rings (SSSR count). The van der Waals surface area contributed by atoms with Gasteiger partial charge in [-0.15, -0.1) is 22.7 Å². The predicted octanol–water partition coefficient (Wildman–Crippen LogP) is 3.81. The van der Waals surface area contributed by atoms with E-state index in [-0.39, 0.29) is 0 Å². The van der Waals surface area contributed by atoms with Crippen molar-refractivity contribution in [3.05, 3.63) is 57.5 Å². The minimum atomic E-state index is 0.533. The van der Waals surface area contributed by atoms with Gasteiger partial charge in [0.15, 0.2) is 5.13 Å². The molecular formula is C19H22N4OS2. The summed E-state index contributed by atoms with van der Waals surface area (Å²) in [4.78, 5) is 14.0. The third kappa shape index (κ3) is 4.41. The van der Waals surface area contributed by atoms with E-state index in [1.807, 2.05) is 23.7 Å². The highest BCUT2D eigenvalue weighted by Gasteiger charge is 2.19. The molecule has 1 fully saturated rings. The number of rotatable bonds is 6. The maximum absolute atomic E-state index is 5.83. The van der Waals surface area contributed by atoms with Crippen LogP contribution in [0.3, 0.4) is 0 Å². The third-order valence-electron chi connectivity index (χ3n) is 4.43. The Labute approximate surface area is 161 Å². The fourth-order valence-corrected chi connectivity index (χ4v) is 4.36. The van der Waals surface area contributed by atoms with Gasteiger partial charge in [0.25, 0.3) is 0 Å². The zero-order valence-electron chi connectivity index (χ0n) is 14.8. The van der Waals surface area contributed by atoms with E-state index in [0.717, 1.165) is 54.3 Å². The quantitative estimate of drug-likeness (QED) is 0.644. The fraction of sp³-hybridized carbons (Fsp3) is 0.368. The van der Waals surface area contributed by atoms with E-state index in [1.54, 1.807) is 22.7 Å². The molecule has 1 aliphatic rings. The van der Waals surface area contributed by atoms with Gasteiger partial charge < -0.3 is 9.64 Å². The van der Waals surface area contributed by atoms with Crippen LogP contribution in [0.1, 0.15) is 16.3 Å². The molecule has 0 amide bonds. The highest BCUT2D eigenvalue weighted by molar-refractivity contribution is 7.13. The Morgan fingerprint density at radius 3 is 2.62 bits per heavy atom. The van der Waals surface area contributed by atoms with Crippen LogP contribution in [0.4, 0.5) is 5.13 Å². The molecule has 0 aliphatic carbocycles. The van der Waals surface area contributed by atoms with Crippen LogP contribution < -0.4 is 9.64 Å². The molecule has 26 heavy (non-hydrogen) atoms. The van der Waals surface area contributed by atoms with Gasteiger partial charge >= 0.3 is 0 Å². The van der Waals surface area contributed by atoms with Crippen molar-refractivity contribution in [2.75, 3.05) is 31.1 Å². The maximum atomic E-state index is 5.83. The zero-order chi connectivity index (χ0) is 17.8. The molecule has 0 atom stereocenters. The number of anilines is 1. The largest absolute Gasteiger partial charge is 0.486 e. The first kappa shape index (κ1) is 17.5. The molecule has 0 unspecified atom stereocenters.